The Morgan fingerprint density at radius 3 is 2.70 bits per heavy atom. The molecule has 0 saturated heterocycles. The number of nitro groups is 1. The second-order valence-electron chi connectivity index (χ2n) is 5.50. The van der Waals surface area contributed by atoms with Gasteiger partial charge in [0.15, 0.2) is 5.75 Å². The van der Waals surface area contributed by atoms with Crippen LogP contribution in [0.15, 0.2) is 52.9 Å². The summed E-state index contributed by atoms with van der Waals surface area (Å²) in [6.07, 6.45) is 0. The molecule has 0 aliphatic heterocycles. The number of hydrogen-bond acceptors (Lipinski definition) is 7. The summed E-state index contributed by atoms with van der Waals surface area (Å²) in [5, 5.41) is 18.6. The van der Waals surface area contributed by atoms with Crippen LogP contribution in [-0.2, 0) is 0 Å². The summed E-state index contributed by atoms with van der Waals surface area (Å²) in [4.78, 5) is 15.1. The van der Waals surface area contributed by atoms with Crippen LogP contribution in [0.4, 0.5) is 10.8 Å². The van der Waals surface area contributed by atoms with Crippen molar-refractivity contribution in [2.75, 3.05) is 12.5 Å². The highest BCUT2D eigenvalue weighted by Gasteiger charge is 2.16. The third-order valence-corrected chi connectivity index (χ3v) is 4.76. The van der Waals surface area contributed by atoms with Crippen molar-refractivity contribution < 1.29 is 9.66 Å². The molecule has 0 spiro atoms. The third kappa shape index (κ3) is 4.42. The van der Waals surface area contributed by atoms with Crippen molar-refractivity contribution in [2.45, 2.75) is 6.92 Å². The topological polar surface area (TPSA) is 89.7 Å². The number of nitrogens with zero attached hydrogens (tertiary/aromatic N) is 3. The Bertz CT molecular complexity index is 1000. The second-order valence-corrected chi connectivity index (χ2v) is 6.79. The van der Waals surface area contributed by atoms with E-state index in [1.807, 2.05) is 29.6 Å². The van der Waals surface area contributed by atoms with E-state index in [9.17, 15) is 10.1 Å². The highest BCUT2D eigenvalue weighted by molar-refractivity contribution is 7.14. The highest BCUT2D eigenvalue weighted by atomic mass is 35.5. The summed E-state index contributed by atoms with van der Waals surface area (Å²) >= 11 is 7.31. The van der Waals surface area contributed by atoms with Crippen LogP contribution in [0.5, 0.6) is 5.75 Å². The van der Waals surface area contributed by atoms with Crippen molar-refractivity contribution in [2.24, 2.45) is 5.10 Å². The zero-order chi connectivity index (χ0) is 19.4. The molecule has 0 unspecified atom stereocenters. The number of rotatable bonds is 6. The molecule has 0 aliphatic rings. The van der Waals surface area contributed by atoms with Crippen LogP contribution in [-0.4, -0.2) is 22.7 Å². The predicted octanol–water partition coefficient (Wildman–Crippen LogP) is 5.22. The zero-order valence-corrected chi connectivity index (χ0v) is 16.0. The monoisotopic (exact) mass is 402 g/mol. The minimum absolute atomic E-state index is 0.108. The molecule has 1 N–H and O–H groups in total. The minimum Gasteiger partial charge on any atom is -0.490 e. The van der Waals surface area contributed by atoms with Crippen LogP contribution >= 0.6 is 22.9 Å². The van der Waals surface area contributed by atoms with Crippen LogP contribution < -0.4 is 10.2 Å². The SMILES string of the molecule is COc1ccc(/C(C)=N/Nc2nc(-c3ccc(Cl)cc3)cs2)cc1[N+](=O)[O-]. The van der Waals surface area contributed by atoms with Gasteiger partial charge in [-0.2, -0.15) is 5.10 Å². The molecule has 0 radical (unpaired) electrons. The number of methoxy groups -OCH3 is 1. The van der Waals surface area contributed by atoms with Crippen molar-refractivity contribution >= 4 is 39.5 Å². The van der Waals surface area contributed by atoms with E-state index in [2.05, 4.69) is 15.5 Å². The number of hydrazone groups is 1. The van der Waals surface area contributed by atoms with E-state index in [1.54, 1.807) is 19.1 Å². The number of ether oxygens (including phenoxy) is 1. The maximum atomic E-state index is 11.1. The molecule has 1 aromatic heterocycles. The molecule has 1 heterocycles. The molecule has 0 atom stereocenters. The number of anilines is 1. The first-order chi connectivity index (χ1) is 13.0. The Morgan fingerprint density at radius 2 is 2.04 bits per heavy atom. The van der Waals surface area contributed by atoms with Gasteiger partial charge in [-0.15, -0.1) is 11.3 Å². The lowest BCUT2D eigenvalue weighted by atomic mass is 10.1. The Kier molecular flexibility index (Phi) is 5.68. The van der Waals surface area contributed by atoms with Gasteiger partial charge in [0.2, 0.25) is 5.13 Å². The van der Waals surface area contributed by atoms with Crippen LogP contribution in [0, 0.1) is 10.1 Å². The quantitative estimate of drug-likeness (QED) is 0.347. The molecule has 0 fully saturated rings. The Labute approximate surface area is 164 Å². The summed E-state index contributed by atoms with van der Waals surface area (Å²) < 4.78 is 5.01. The van der Waals surface area contributed by atoms with E-state index in [0.29, 0.717) is 21.4 Å². The Hall–Kier alpha value is -2.97. The number of hydrogen-bond donors (Lipinski definition) is 1. The van der Waals surface area contributed by atoms with Crippen molar-refractivity contribution in [1.29, 1.82) is 0 Å². The molecule has 9 heteroatoms. The maximum absolute atomic E-state index is 11.1. The van der Waals surface area contributed by atoms with Crippen LogP contribution in [0.2, 0.25) is 5.02 Å². The Morgan fingerprint density at radius 1 is 1.30 bits per heavy atom. The standard InChI is InChI=1S/C18H15ClN4O3S/c1-11(13-5-8-17(26-2)16(9-13)23(24)25)21-22-18-20-15(10-27-18)12-3-6-14(19)7-4-12/h3-10H,1-2H3,(H,20,22)/b21-11+. The van der Waals surface area contributed by atoms with Gasteiger partial charge in [-0.1, -0.05) is 23.7 Å². The van der Waals surface area contributed by atoms with E-state index in [4.69, 9.17) is 16.3 Å². The van der Waals surface area contributed by atoms with Crippen LogP contribution in [0.3, 0.4) is 0 Å². The molecule has 3 rings (SSSR count). The van der Waals surface area contributed by atoms with Crippen molar-refractivity contribution in [3.8, 4) is 17.0 Å². The molecule has 0 aliphatic carbocycles. The molecule has 0 saturated carbocycles. The van der Waals surface area contributed by atoms with Gasteiger partial charge in [0.05, 0.1) is 23.4 Å². The minimum atomic E-state index is -0.484. The molecule has 0 bridgehead atoms. The van der Waals surface area contributed by atoms with Crippen LogP contribution in [0.1, 0.15) is 12.5 Å². The molecule has 138 valence electrons. The number of thiazole rings is 1. The van der Waals surface area contributed by atoms with Gasteiger partial charge in [-0.3, -0.25) is 15.5 Å². The van der Waals surface area contributed by atoms with Gasteiger partial charge in [0.1, 0.15) is 0 Å². The largest absolute Gasteiger partial charge is 0.490 e. The van der Waals surface area contributed by atoms with E-state index >= 15 is 0 Å². The van der Waals surface area contributed by atoms with Gasteiger partial charge in [-0.05, 0) is 31.2 Å². The summed E-state index contributed by atoms with van der Waals surface area (Å²) in [7, 11) is 1.39. The number of nitrogens with one attached hydrogen (secondary N) is 1. The maximum Gasteiger partial charge on any atom is 0.311 e. The Balaban J connectivity index is 1.77. The molecule has 7 nitrogen and oxygen atoms in total. The summed E-state index contributed by atoms with van der Waals surface area (Å²) in [5.74, 6) is 0.206. The number of benzene rings is 2. The number of nitro benzene ring substituents is 1. The first-order valence-electron chi connectivity index (χ1n) is 7.82. The fourth-order valence-electron chi connectivity index (χ4n) is 2.33. The van der Waals surface area contributed by atoms with Gasteiger partial charge >= 0.3 is 5.69 Å². The molecule has 2 aromatic carbocycles. The summed E-state index contributed by atoms with van der Waals surface area (Å²) in [6, 6.07) is 12.1. The second kappa shape index (κ2) is 8.15. The lowest BCUT2D eigenvalue weighted by Gasteiger charge is -2.05. The predicted molar refractivity (Wildman–Crippen MR) is 108 cm³/mol. The number of aromatic nitrogens is 1. The fraction of sp³-hybridized carbons (Fsp3) is 0.111. The lowest BCUT2D eigenvalue weighted by molar-refractivity contribution is -0.385. The van der Waals surface area contributed by atoms with E-state index in [0.717, 1.165) is 11.3 Å². The van der Waals surface area contributed by atoms with E-state index in [1.165, 1.54) is 24.5 Å². The first-order valence-corrected chi connectivity index (χ1v) is 9.08. The summed E-state index contributed by atoms with van der Waals surface area (Å²) in [6.45, 7) is 1.76. The highest BCUT2D eigenvalue weighted by Crippen LogP contribution is 2.28. The third-order valence-electron chi connectivity index (χ3n) is 3.76. The van der Waals surface area contributed by atoms with E-state index < -0.39 is 4.92 Å². The average molecular weight is 403 g/mol. The number of halogens is 1. The molecule has 27 heavy (non-hydrogen) atoms. The molecule has 3 aromatic rings. The van der Waals surface area contributed by atoms with Gasteiger partial charge in [-0.25, -0.2) is 4.98 Å². The normalized spacial score (nSPS) is 11.3. The van der Waals surface area contributed by atoms with Crippen LogP contribution in [0.25, 0.3) is 11.3 Å². The first kappa shape index (κ1) is 18.8. The van der Waals surface area contributed by atoms with Gasteiger partial charge < -0.3 is 4.74 Å². The van der Waals surface area contributed by atoms with Crippen molar-refractivity contribution in [3.63, 3.8) is 0 Å². The smallest absolute Gasteiger partial charge is 0.311 e. The van der Waals surface area contributed by atoms with Crippen molar-refractivity contribution in [1.82, 2.24) is 4.98 Å². The van der Waals surface area contributed by atoms with Gasteiger partial charge in [0.25, 0.3) is 0 Å². The lowest BCUT2D eigenvalue weighted by Crippen LogP contribution is -2.02. The summed E-state index contributed by atoms with van der Waals surface area (Å²) in [5.41, 5.74) is 5.75. The zero-order valence-electron chi connectivity index (χ0n) is 14.5. The van der Waals surface area contributed by atoms with E-state index in [-0.39, 0.29) is 11.4 Å². The fourth-order valence-corrected chi connectivity index (χ4v) is 3.12. The molecule has 0 amide bonds. The average Bonchev–Trinajstić information content (AvgIpc) is 3.15. The molecular weight excluding hydrogens is 388 g/mol. The van der Waals surface area contributed by atoms with Gasteiger partial charge in [0, 0.05) is 27.6 Å². The molecular formula is C18H15ClN4O3S. The van der Waals surface area contributed by atoms with Crippen molar-refractivity contribution in [3.05, 3.63) is 68.5 Å².